The van der Waals surface area contributed by atoms with Crippen LogP contribution in [0.4, 0.5) is 0 Å². The lowest BCUT2D eigenvalue weighted by atomic mass is 9.85. The number of ether oxygens (including phenoxy) is 6. The van der Waals surface area contributed by atoms with E-state index in [2.05, 4.69) is 0 Å². The summed E-state index contributed by atoms with van der Waals surface area (Å²) in [5, 5.41) is 0. The maximum Gasteiger partial charge on any atom is 0.312 e. The van der Waals surface area contributed by atoms with Crippen LogP contribution in [0.15, 0.2) is 24.3 Å². The summed E-state index contributed by atoms with van der Waals surface area (Å²) in [6.45, 7) is 0. The van der Waals surface area contributed by atoms with Gasteiger partial charge >= 0.3 is 5.97 Å². The van der Waals surface area contributed by atoms with Gasteiger partial charge in [-0.25, -0.2) is 0 Å². The average molecular weight is 374 g/mol. The molecule has 2 aromatic rings. The standard InChI is InChI=1S/C20H22O7/c1-22-12-8-14(23-2)19-13(10-18(21)27-15(19)9-12)11-6-16(24-3)20(26-5)17(7-11)25-4/h6-9,13H,10H2,1-5H3. The van der Waals surface area contributed by atoms with E-state index < -0.39 is 0 Å². The highest BCUT2D eigenvalue weighted by molar-refractivity contribution is 5.79. The Labute approximate surface area is 157 Å². The third-order valence-electron chi connectivity index (χ3n) is 4.57. The second kappa shape index (κ2) is 7.65. The van der Waals surface area contributed by atoms with Crippen LogP contribution in [0, 0.1) is 0 Å². The SMILES string of the molecule is COc1cc(OC)c2c(c1)OC(=O)CC2c1cc(OC)c(OC)c(OC)c1. The summed E-state index contributed by atoms with van der Waals surface area (Å²) in [5.74, 6) is 2.43. The van der Waals surface area contributed by atoms with Crippen LogP contribution in [-0.2, 0) is 4.79 Å². The van der Waals surface area contributed by atoms with Crippen molar-refractivity contribution in [3.05, 3.63) is 35.4 Å². The van der Waals surface area contributed by atoms with E-state index in [9.17, 15) is 4.79 Å². The molecule has 7 heteroatoms. The molecule has 0 saturated carbocycles. The molecular formula is C20H22O7. The van der Waals surface area contributed by atoms with E-state index >= 15 is 0 Å². The minimum atomic E-state index is -0.337. The van der Waals surface area contributed by atoms with Gasteiger partial charge in [0.25, 0.3) is 0 Å². The van der Waals surface area contributed by atoms with Crippen LogP contribution in [-0.4, -0.2) is 41.5 Å². The number of carbonyl (C=O) groups is 1. The van der Waals surface area contributed by atoms with Gasteiger partial charge in [0.2, 0.25) is 5.75 Å². The van der Waals surface area contributed by atoms with E-state index in [1.165, 1.54) is 0 Å². The Bertz CT molecular complexity index is 835. The normalized spacial score (nSPS) is 15.4. The molecule has 3 rings (SSSR count). The number of rotatable bonds is 6. The van der Waals surface area contributed by atoms with Crippen molar-refractivity contribution >= 4 is 5.97 Å². The van der Waals surface area contributed by atoms with Crippen molar-refractivity contribution in [2.75, 3.05) is 35.5 Å². The van der Waals surface area contributed by atoms with Gasteiger partial charge in [-0.3, -0.25) is 4.79 Å². The summed E-state index contributed by atoms with van der Waals surface area (Å²) in [7, 11) is 7.76. The molecule has 0 saturated heterocycles. The predicted molar refractivity (Wildman–Crippen MR) is 97.7 cm³/mol. The molecule has 27 heavy (non-hydrogen) atoms. The van der Waals surface area contributed by atoms with E-state index in [0.717, 1.165) is 11.1 Å². The van der Waals surface area contributed by atoms with E-state index in [0.29, 0.717) is 34.5 Å². The number of fused-ring (bicyclic) bond motifs is 1. The summed E-state index contributed by atoms with van der Waals surface area (Å²) in [5.41, 5.74) is 1.60. The number of hydrogen-bond acceptors (Lipinski definition) is 7. The maximum absolute atomic E-state index is 12.2. The molecule has 0 N–H and O–H groups in total. The zero-order chi connectivity index (χ0) is 19.6. The zero-order valence-corrected chi connectivity index (χ0v) is 16.0. The molecule has 1 unspecified atom stereocenters. The molecule has 0 bridgehead atoms. The Kier molecular flexibility index (Phi) is 5.30. The van der Waals surface area contributed by atoms with Crippen molar-refractivity contribution in [3.8, 4) is 34.5 Å². The van der Waals surface area contributed by atoms with Crippen LogP contribution in [0.1, 0.15) is 23.5 Å². The monoisotopic (exact) mass is 374 g/mol. The van der Waals surface area contributed by atoms with E-state index in [4.69, 9.17) is 28.4 Å². The molecule has 1 aliphatic rings. The fraction of sp³-hybridized carbons (Fsp3) is 0.350. The molecule has 0 aliphatic carbocycles. The molecule has 0 fully saturated rings. The molecule has 0 aromatic heterocycles. The largest absolute Gasteiger partial charge is 0.496 e. The maximum atomic E-state index is 12.2. The van der Waals surface area contributed by atoms with E-state index in [1.54, 1.807) is 47.7 Å². The van der Waals surface area contributed by atoms with E-state index in [1.807, 2.05) is 12.1 Å². The summed E-state index contributed by atoms with van der Waals surface area (Å²) in [4.78, 5) is 12.2. The molecule has 0 amide bonds. The molecule has 0 spiro atoms. The zero-order valence-electron chi connectivity index (χ0n) is 16.0. The molecule has 1 heterocycles. The van der Waals surface area contributed by atoms with Crippen molar-refractivity contribution in [2.45, 2.75) is 12.3 Å². The van der Waals surface area contributed by atoms with Gasteiger partial charge in [0.05, 0.1) is 42.0 Å². The molecule has 2 aromatic carbocycles. The first-order chi connectivity index (χ1) is 13.1. The van der Waals surface area contributed by atoms with Crippen LogP contribution >= 0.6 is 0 Å². The fourth-order valence-electron chi connectivity index (χ4n) is 3.31. The molecule has 1 aliphatic heterocycles. The lowest BCUT2D eigenvalue weighted by Crippen LogP contribution is -2.22. The topological polar surface area (TPSA) is 72.5 Å². The van der Waals surface area contributed by atoms with Gasteiger partial charge in [0.1, 0.15) is 17.2 Å². The lowest BCUT2D eigenvalue weighted by molar-refractivity contribution is -0.135. The molecule has 1 atom stereocenters. The Balaban J connectivity index is 2.21. The van der Waals surface area contributed by atoms with Gasteiger partial charge in [0, 0.05) is 23.6 Å². The molecule has 144 valence electrons. The Morgan fingerprint density at radius 1 is 0.815 bits per heavy atom. The second-order valence-corrected chi connectivity index (χ2v) is 5.93. The van der Waals surface area contributed by atoms with Gasteiger partial charge < -0.3 is 28.4 Å². The number of methoxy groups -OCH3 is 5. The third-order valence-corrected chi connectivity index (χ3v) is 4.57. The van der Waals surface area contributed by atoms with Crippen molar-refractivity contribution in [2.24, 2.45) is 0 Å². The number of hydrogen-bond donors (Lipinski definition) is 0. The van der Waals surface area contributed by atoms with Gasteiger partial charge in [0.15, 0.2) is 11.5 Å². The average Bonchev–Trinajstić information content (AvgIpc) is 2.70. The highest BCUT2D eigenvalue weighted by atomic mass is 16.5. The third kappa shape index (κ3) is 3.32. The van der Waals surface area contributed by atoms with Crippen LogP contribution in [0.5, 0.6) is 34.5 Å². The molecular weight excluding hydrogens is 352 g/mol. The summed E-state index contributed by atoms with van der Waals surface area (Å²) in [6.07, 6.45) is 0.161. The van der Waals surface area contributed by atoms with Crippen LogP contribution in [0.3, 0.4) is 0 Å². The number of carbonyl (C=O) groups excluding carboxylic acids is 1. The summed E-state index contributed by atoms with van der Waals surface area (Å²) >= 11 is 0. The highest BCUT2D eigenvalue weighted by Gasteiger charge is 2.33. The van der Waals surface area contributed by atoms with Crippen LogP contribution in [0.25, 0.3) is 0 Å². The van der Waals surface area contributed by atoms with Crippen LogP contribution in [0.2, 0.25) is 0 Å². The number of benzene rings is 2. The first kappa shape index (κ1) is 18.7. The van der Waals surface area contributed by atoms with Crippen molar-refractivity contribution in [3.63, 3.8) is 0 Å². The van der Waals surface area contributed by atoms with Crippen molar-refractivity contribution in [1.82, 2.24) is 0 Å². The molecule has 0 radical (unpaired) electrons. The van der Waals surface area contributed by atoms with Gasteiger partial charge in [-0.1, -0.05) is 0 Å². The van der Waals surface area contributed by atoms with Crippen LogP contribution < -0.4 is 28.4 Å². The van der Waals surface area contributed by atoms with Gasteiger partial charge in [-0.05, 0) is 17.7 Å². The van der Waals surface area contributed by atoms with E-state index in [-0.39, 0.29) is 18.3 Å². The first-order valence-electron chi connectivity index (χ1n) is 8.32. The summed E-state index contributed by atoms with van der Waals surface area (Å²) < 4.78 is 32.5. The van der Waals surface area contributed by atoms with Crippen molar-refractivity contribution in [1.29, 1.82) is 0 Å². The first-order valence-corrected chi connectivity index (χ1v) is 8.32. The quantitative estimate of drug-likeness (QED) is 0.568. The second-order valence-electron chi connectivity index (χ2n) is 5.93. The Morgan fingerprint density at radius 2 is 1.44 bits per heavy atom. The van der Waals surface area contributed by atoms with Gasteiger partial charge in [-0.15, -0.1) is 0 Å². The minimum Gasteiger partial charge on any atom is -0.496 e. The van der Waals surface area contributed by atoms with Gasteiger partial charge in [-0.2, -0.15) is 0 Å². The Morgan fingerprint density at radius 3 is 1.96 bits per heavy atom. The van der Waals surface area contributed by atoms with Crippen molar-refractivity contribution < 1.29 is 33.2 Å². The fourth-order valence-corrected chi connectivity index (χ4v) is 3.31. The number of esters is 1. The Hall–Kier alpha value is -3.09. The lowest BCUT2D eigenvalue weighted by Gasteiger charge is -2.28. The predicted octanol–water partition coefficient (Wildman–Crippen LogP) is 3.17. The molecule has 7 nitrogen and oxygen atoms in total. The highest BCUT2D eigenvalue weighted by Crippen LogP contribution is 2.49. The smallest absolute Gasteiger partial charge is 0.312 e. The minimum absolute atomic E-state index is 0.161. The summed E-state index contributed by atoms with van der Waals surface area (Å²) in [6, 6.07) is 7.11.